The van der Waals surface area contributed by atoms with Crippen molar-refractivity contribution in [1.29, 1.82) is 0 Å². The molecule has 1 saturated heterocycles. The van der Waals surface area contributed by atoms with E-state index >= 15 is 0 Å². The molecule has 3 atom stereocenters. The van der Waals surface area contributed by atoms with Crippen molar-refractivity contribution in [2.24, 2.45) is 5.92 Å². The van der Waals surface area contributed by atoms with Gasteiger partial charge in [0.2, 0.25) is 5.91 Å². The molecule has 1 aliphatic heterocycles. The van der Waals surface area contributed by atoms with E-state index in [9.17, 15) is 9.59 Å². The molecule has 0 unspecified atom stereocenters. The zero-order chi connectivity index (χ0) is 16.2. The van der Waals surface area contributed by atoms with Crippen molar-refractivity contribution in [3.8, 4) is 5.75 Å². The van der Waals surface area contributed by atoms with Crippen molar-refractivity contribution < 1.29 is 19.1 Å². The number of carbonyl (C=O) groups excluding carboxylic acids is 2. The summed E-state index contributed by atoms with van der Waals surface area (Å²) in [5.41, 5.74) is 0.523. The summed E-state index contributed by atoms with van der Waals surface area (Å²) in [6.07, 6.45) is 2.56. The third-order valence-electron chi connectivity index (χ3n) is 4.58. The largest absolute Gasteiger partial charge is 0.497 e. The minimum Gasteiger partial charge on any atom is -0.497 e. The van der Waals surface area contributed by atoms with Gasteiger partial charge < -0.3 is 20.1 Å². The first-order valence-electron chi connectivity index (χ1n) is 8.00. The van der Waals surface area contributed by atoms with Gasteiger partial charge in [-0.1, -0.05) is 6.07 Å². The van der Waals surface area contributed by atoms with Crippen LogP contribution in [0.15, 0.2) is 24.3 Å². The average Bonchev–Trinajstić information content (AvgIpc) is 2.93. The number of amides is 2. The predicted octanol–water partition coefficient (Wildman–Crippen LogP) is 1.11. The van der Waals surface area contributed by atoms with Gasteiger partial charge in [0.1, 0.15) is 5.75 Å². The maximum absolute atomic E-state index is 12.0. The number of fused-ring (bicyclic) bond motifs is 1. The van der Waals surface area contributed by atoms with E-state index in [1.807, 2.05) is 0 Å². The lowest BCUT2D eigenvalue weighted by Crippen LogP contribution is -2.53. The molecule has 1 aromatic carbocycles. The van der Waals surface area contributed by atoms with Gasteiger partial charge in [0.25, 0.3) is 5.91 Å². The molecule has 1 heterocycles. The van der Waals surface area contributed by atoms with Crippen molar-refractivity contribution >= 4 is 11.8 Å². The Balaban J connectivity index is 1.38. The lowest BCUT2D eigenvalue weighted by Gasteiger charge is -2.39. The standard InChI is InChI=1S/C17H22N2O4/c1-22-12-4-2-3-11(9-12)17(21)18-7-5-16(20)19-14-10-15-13(14)6-8-23-15/h2-4,9,13-15H,5-8,10H2,1H3,(H,18,21)(H,19,20)/t13-,14+,15+/m1/s1. The molecular formula is C17H22N2O4. The highest BCUT2D eigenvalue weighted by molar-refractivity contribution is 5.94. The van der Waals surface area contributed by atoms with Gasteiger partial charge in [-0.3, -0.25) is 9.59 Å². The molecule has 1 aliphatic carbocycles. The minimum atomic E-state index is -0.204. The molecule has 124 valence electrons. The molecule has 6 heteroatoms. The van der Waals surface area contributed by atoms with Crippen molar-refractivity contribution in [2.75, 3.05) is 20.3 Å². The fraction of sp³-hybridized carbons (Fsp3) is 0.529. The van der Waals surface area contributed by atoms with Crippen LogP contribution in [0.4, 0.5) is 0 Å². The van der Waals surface area contributed by atoms with Gasteiger partial charge in [-0.15, -0.1) is 0 Å². The van der Waals surface area contributed by atoms with Crippen LogP contribution in [0, 0.1) is 5.92 Å². The van der Waals surface area contributed by atoms with Crippen LogP contribution >= 0.6 is 0 Å². The molecule has 2 N–H and O–H groups in total. The molecule has 23 heavy (non-hydrogen) atoms. The number of nitrogens with one attached hydrogen (secondary N) is 2. The second-order valence-corrected chi connectivity index (χ2v) is 6.01. The van der Waals surface area contributed by atoms with E-state index in [-0.39, 0.29) is 24.3 Å². The highest BCUT2D eigenvalue weighted by Gasteiger charge is 2.45. The first-order chi connectivity index (χ1) is 11.2. The Morgan fingerprint density at radius 1 is 1.39 bits per heavy atom. The summed E-state index contributed by atoms with van der Waals surface area (Å²) in [7, 11) is 1.56. The Morgan fingerprint density at radius 2 is 2.26 bits per heavy atom. The first kappa shape index (κ1) is 15.8. The van der Waals surface area contributed by atoms with Gasteiger partial charge in [0, 0.05) is 37.1 Å². The highest BCUT2D eigenvalue weighted by Crippen LogP contribution is 2.38. The molecule has 6 nitrogen and oxygen atoms in total. The molecule has 2 fully saturated rings. The molecule has 3 rings (SSSR count). The SMILES string of the molecule is COc1cccc(C(=O)NCCC(=O)N[C@H]2C[C@@H]3OCC[C@H]23)c1. The summed E-state index contributed by atoms with van der Waals surface area (Å²) in [5, 5.41) is 5.79. The molecule has 2 amide bonds. The van der Waals surface area contributed by atoms with E-state index in [0.29, 0.717) is 29.9 Å². The molecule has 0 bridgehead atoms. The number of rotatable bonds is 6. The molecule has 2 aliphatic rings. The quantitative estimate of drug-likeness (QED) is 0.824. The lowest BCUT2D eigenvalue weighted by molar-refractivity contribution is -0.123. The van der Waals surface area contributed by atoms with Crippen LogP contribution in [0.25, 0.3) is 0 Å². The van der Waals surface area contributed by atoms with Crippen molar-refractivity contribution in [2.45, 2.75) is 31.4 Å². The number of methoxy groups -OCH3 is 1. The van der Waals surface area contributed by atoms with Crippen LogP contribution in [-0.4, -0.2) is 44.2 Å². The van der Waals surface area contributed by atoms with Crippen LogP contribution in [0.5, 0.6) is 5.75 Å². The summed E-state index contributed by atoms with van der Waals surface area (Å²) < 4.78 is 10.6. The third kappa shape index (κ3) is 3.64. The van der Waals surface area contributed by atoms with Crippen LogP contribution in [0.3, 0.4) is 0 Å². The number of hydrogen-bond donors (Lipinski definition) is 2. The highest BCUT2D eigenvalue weighted by atomic mass is 16.5. The second-order valence-electron chi connectivity index (χ2n) is 6.01. The molecule has 0 aromatic heterocycles. The number of carbonyl (C=O) groups is 2. The van der Waals surface area contributed by atoms with Crippen molar-refractivity contribution in [1.82, 2.24) is 10.6 Å². The van der Waals surface area contributed by atoms with Crippen LogP contribution in [0.1, 0.15) is 29.6 Å². The van der Waals surface area contributed by atoms with E-state index in [1.54, 1.807) is 31.4 Å². The summed E-state index contributed by atoms with van der Waals surface area (Å²) in [6, 6.07) is 7.17. The fourth-order valence-electron chi connectivity index (χ4n) is 3.20. The maximum atomic E-state index is 12.0. The topological polar surface area (TPSA) is 76.7 Å². The first-order valence-corrected chi connectivity index (χ1v) is 8.00. The number of hydrogen-bond acceptors (Lipinski definition) is 4. The van der Waals surface area contributed by atoms with Crippen molar-refractivity contribution in [3.05, 3.63) is 29.8 Å². The maximum Gasteiger partial charge on any atom is 0.251 e. The Kier molecular flexibility index (Phi) is 4.81. The monoisotopic (exact) mass is 318 g/mol. The molecule has 0 spiro atoms. The van der Waals surface area contributed by atoms with Gasteiger partial charge in [-0.25, -0.2) is 0 Å². The predicted molar refractivity (Wildman–Crippen MR) is 84.3 cm³/mol. The molecular weight excluding hydrogens is 296 g/mol. The van der Waals surface area contributed by atoms with E-state index in [4.69, 9.17) is 9.47 Å². The number of ether oxygens (including phenoxy) is 2. The minimum absolute atomic E-state index is 0.0220. The summed E-state index contributed by atoms with van der Waals surface area (Å²) in [6.45, 7) is 1.12. The van der Waals surface area contributed by atoms with Crippen LogP contribution in [-0.2, 0) is 9.53 Å². The van der Waals surface area contributed by atoms with E-state index < -0.39 is 0 Å². The van der Waals surface area contributed by atoms with E-state index in [0.717, 1.165) is 19.4 Å². The summed E-state index contributed by atoms with van der Waals surface area (Å²) >= 11 is 0. The lowest BCUT2D eigenvalue weighted by atomic mass is 9.76. The molecule has 1 saturated carbocycles. The number of benzene rings is 1. The summed E-state index contributed by atoms with van der Waals surface area (Å²) in [4.78, 5) is 23.9. The Morgan fingerprint density at radius 3 is 3.04 bits per heavy atom. The Labute approximate surface area is 135 Å². The van der Waals surface area contributed by atoms with Gasteiger partial charge in [0.15, 0.2) is 0 Å². The summed E-state index contributed by atoms with van der Waals surface area (Å²) in [5.74, 6) is 0.884. The molecule has 1 aromatic rings. The Hall–Kier alpha value is -2.08. The van der Waals surface area contributed by atoms with Gasteiger partial charge in [-0.05, 0) is 31.0 Å². The van der Waals surface area contributed by atoms with Gasteiger partial charge in [-0.2, -0.15) is 0 Å². The Bertz CT molecular complexity index is 590. The van der Waals surface area contributed by atoms with Crippen LogP contribution < -0.4 is 15.4 Å². The van der Waals surface area contributed by atoms with Crippen LogP contribution in [0.2, 0.25) is 0 Å². The zero-order valence-corrected chi connectivity index (χ0v) is 13.2. The van der Waals surface area contributed by atoms with E-state index in [1.165, 1.54) is 0 Å². The van der Waals surface area contributed by atoms with Crippen molar-refractivity contribution in [3.63, 3.8) is 0 Å². The van der Waals surface area contributed by atoms with E-state index in [2.05, 4.69) is 10.6 Å². The normalized spacial score (nSPS) is 25.2. The fourth-order valence-corrected chi connectivity index (χ4v) is 3.20. The zero-order valence-electron chi connectivity index (χ0n) is 13.2. The van der Waals surface area contributed by atoms with Gasteiger partial charge in [0.05, 0.1) is 13.2 Å². The third-order valence-corrected chi connectivity index (χ3v) is 4.58. The smallest absolute Gasteiger partial charge is 0.251 e. The average molecular weight is 318 g/mol. The van der Waals surface area contributed by atoms with Gasteiger partial charge >= 0.3 is 0 Å². The molecule has 0 radical (unpaired) electrons. The second kappa shape index (κ2) is 7.00.